The molecule has 0 radical (unpaired) electrons. The van der Waals surface area contributed by atoms with Gasteiger partial charge >= 0.3 is 5.69 Å². The number of nitrogens with zero attached hydrogens (tertiary/aromatic N) is 2. The summed E-state index contributed by atoms with van der Waals surface area (Å²) in [6, 6.07) is 19.3. The number of benzene rings is 3. The third-order valence-electron chi connectivity index (χ3n) is 5.20. The van der Waals surface area contributed by atoms with E-state index in [9.17, 15) is 14.9 Å². The molecule has 172 valence electrons. The molecule has 0 unspecified atom stereocenters. The van der Waals surface area contributed by atoms with E-state index in [1.807, 2.05) is 30.3 Å². The third-order valence-corrected chi connectivity index (χ3v) is 5.49. The second kappa shape index (κ2) is 9.72. The summed E-state index contributed by atoms with van der Waals surface area (Å²) in [4.78, 5) is 25.3. The summed E-state index contributed by atoms with van der Waals surface area (Å²) in [7, 11) is 1.53. The molecule has 1 heterocycles. The standard InChI is InChI=1S/C25H21N3O5S/c1-16-8-10-23(21(12-16)28(30)31)33-15-18-13-17(9-11-22(18)32-2)14-20-24(29)27(25(34)26-20)19-6-4-3-5-7-19/h3-14H,15H2,1-2H3,(H,26,34)/b20-14+. The number of amides is 1. The number of nitrogens with one attached hydrogen (secondary N) is 1. The van der Waals surface area contributed by atoms with Gasteiger partial charge in [-0.15, -0.1) is 0 Å². The van der Waals surface area contributed by atoms with Crippen LogP contribution in [0, 0.1) is 17.0 Å². The van der Waals surface area contributed by atoms with Crippen LogP contribution in [0.3, 0.4) is 0 Å². The lowest BCUT2D eigenvalue weighted by Gasteiger charge is -2.13. The Morgan fingerprint density at radius 1 is 1.09 bits per heavy atom. The number of anilines is 1. The number of methoxy groups -OCH3 is 1. The Labute approximate surface area is 201 Å². The largest absolute Gasteiger partial charge is 0.496 e. The molecule has 34 heavy (non-hydrogen) atoms. The van der Waals surface area contributed by atoms with Gasteiger partial charge in [0.25, 0.3) is 5.91 Å². The van der Waals surface area contributed by atoms with Crippen LogP contribution >= 0.6 is 12.2 Å². The van der Waals surface area contributed by atoms with Crippen LogP contribution in [0.1, 0.15) is 16.7 Å². The van der Waals surface area contributed by atoms with Crippen molar-refractivity contribution in [2.24, 2.45) is 0 Å². The fourth-order valence-electron chi connectivity index (χ4n) is 3.56. The molecular formula is C25H21N3O5S. The molecule has 0 atom stereocenters. The van der Waals surface area contributed by atoms with Crippen LogP contribution in [0.2, 0.25) is 0 Å². The Balaban J connectivity index is 1.59. The van der Waals surface area contributed by atoms with Gasteiger partial charge in [0.2, 0.25) is 0 Å². The minimum atomic E-state index is -0.473. The first-order valence-corrected chi connectivity index (χ1v) is 10.7. The first-order chi connectivity index (χ1) is 16.4. The Hall–Kier alpha value is -4.24. The average molecular weight is 476 g/mol. The number of aryl methyl sites for hydroxylation is 1. The number of carbonyl (C=O) groups is 1. The first-order valence-electron chi connectivity index (χ1n) is 10.3. The van der Waals surface area contributed by atoms with Crippen LogP contribution < -0.4 is 19.7 Å². The number of thiocarbonyl (C=S) groups is 1. The highest BCUT2D eigenvalue weighted by Gasteiger charge is 2.31. The topological polar surface area (TPSA) is 93.9 Å². The van der Waals surface area contributed by atoms with E-state index >= 15 is 0 Å². The van der Waals surface area contributed by atoms with Crippen molar-refractivity contribution >= 4 is 40.7 Å². The van der Waals surface area contributed by atoms with Gasteiger partial charge in [-0.25, -0.2) is 0 Å². The molecule has 1 N–H and O–H groups in total. The second-order valence-corrected chi connectivity index (χ2v) is 7.94. The minimum absolute atomic E-state index is 0.0417. The number of hydrogen-bond acceptors (Lipinski definition) is 6. The van der Waals surface area contributed by atoms with Crippen LogP contribution in [0.5, 0.6) is 11.5 Å². The van der Waals surface area contributed by atoms with Crippen LogP contribution in [0.25, 0.3) is 6.08 Å². The van der Waals surface area contributed by atoms with Crippen molar-refractivity contribution in [1.82, 2.24) is 5.32 Å². The van der Waals surface area contributed by atoms with E-state index in [1.165, 1.54) is 18.1 Å². The Morgan fingerprint density at radius 3 is 2.53 bits per heavy atom. The first kappa shape index (κ1) is 22.9. The summed E-state index contributed by atoms with van der Waals surface area (Å²) >= 11 is 5.35. The molecule has 1 aliphatic heterocycles. The van der Waals surface area contributed by atoms with Crippen LogP contribution in [0.4, 0.5) is 11.4 Å². The lowest BCUT2D eigenvalue weighted by atomic mass is 10.1. The summed E-state index contributed by atoms with van der Waals surface area (Å²) in [6.45, 7) is 1.82. The highest BCUT2D eigenvalue weighted by Crippen LogP contribution is 2.30. The average Bonchev–Trinajstić information content (AvgIpc) is 3.11. The Bertz CT molecular complexity index is 1310. The van der Waals surface area contributed by atoms with Crippen LogP contribution in [-0.2, 0) is 11.4 Å². The van der Waals surface area contributed by atoms with Crippen LogP contribution in [0.15, 0.2) is 72.4 Å². The summed E-state index contributed by atoms with van der Waals surface area (Å²) in [5.74, 6) is 0.460. The molecule has 1 fully saturated rings. The third kappa shape index (κ3) is 4.74. The molecule has 9 heteroatoms. The molecule has 0 aliphatic carbocycles. The van der Waals surface area contributed by atoms with Crippen molar-refractivity contribution in [3.63, 3.8) is 0 Å². The van der Waals surface area contributed by atoms with Gasteiger partial charge in [-0.3, -0.25) is 19.8 Å². The highest BCUT2D eigenvalue weighted by molar-refractivity contribution is 7.80. The van der Waals surface area contributed by atoms with Gasteiger partial charge in [0.1, 0.15) is 18.1 Å². The molecule has 1 amide bonds. The van der Waals surface area contributed by atoms with Gasteiger partial charge in [-0.05, 0) is 66.7 Å². The number of rotatable bonds is 7. The fraction of sp³-hybridized carbons (Fsp3) is 0.120. The molecule has 3 aromatic carbocycles. The van der Waals surface area contributed by atoms with E-state index in [1.54, 1.807) is 43.3 Å². The van der Waals surface area contributed by atoms with Gasteiger partial charge in [0.15, 0.2) is 10.9 Å². The molecular weight excluding hydrogens is 454 g/mol. The van der Waals surface area contributed by atoms with Crippen molar-refractivity contribution in [2.45, 2.75) is 13.5 Å². The lowest BCUT2D eigenvalue weighted by Crippen LogP contribution is -2.30. The molecule has 0 bridgehead atoms. The Morgan fingerprint density at radius 2 is 1.82 bits per heavy atom. The highest BCUT2D eigenvalue weighted by atomic mass is 32.1. The molecule has 0 aromatic heterocycles. The van der Waals surface area contributed by atoms with E-state index in [2.05, 4.69) is 5.32 Å². The van der Waals surface area contributed by atoms with E-state index in [0.717, 1.165) is 5.56 Å². The molecule has 1 saturated heterocycles. The van der Waals surface area contributed by atoms with E-state index in [-0.39, 0.29) is 24.0 Å². The molecule has 4 rings (SSSR count). The second-order valence-electron chi connectivity index (χ2n) is 7.55. The number of carbonyl (C=O) groups excluding carboxylic acids is 1. The maximum atomic E-state index is 13.0. The molecule has 0 saturated carbocycles. The maximum Gasteiger partial charge on any atom is 0.311 e. The summed E-state index contributed by atoms with van der Waals surface area (Å²) in [5, 5.41) is 14.6. The van der Waals surface area contributed by atoms with Gasteiger partial charge in [0, 0.05) is 11.6 Å². The molecule has 0 spiro atoms. The smallest absolute Gasteiger partial charge is 0.311 e. The number of ether oxygens (including phenoxy) is 2. The number of nitro groups is 1. The molecule has 3 aromatic rings. The zero-order valence-corrected chi connectivity index (χ0v) is 19.3. The van der Waals surface area contributed by atoms with Crippen molar-refractivity contribution in [1.29, 1.82) is 0 Å². The van der Waals surface area contributed by atoms with Crippen molar-refractivity contribution < 1.29 is 19.2 Å². The number of para-hydroxylation sites is 1. The zero-order valence-electron chi connectivity index (χ0n) is 18.5. The molecule has 1 aliphatic rings. The zero-order chi connectivity index (χ0) is 24.2. The number of hydrogen-bond donors (Lipinski definition) is 1. The Kier molecular flexibility index (Phi) is 6.55. The summed E-state index contributed by atoms with van der Waals surface area (Å²) in [5.41, 5.74) is 3.05. The fourth-order valence-corrected chi connectivity index (χ4v) is 3.86. The number of nitro benzene ring substituents is 1. The quantitative estimate of drug-likeness (QED) is 0.228. The van der Waals surface area contributed by atoms with Gasteiger partial charge < -0.3 is 14.8 Å². The monoisotopic (exact) mass is 475 g/mol. The summed E-state index contributed by atoms with van der Waals surface area (Å²) in [6.07, 6.45) is 1.69. The minimum Gasteiger partial charge on any atom is -0.496 e. The van der Waals surface area contributed by atoms with Crippen molar-refractivity contribution in [2.75, 3.05) is 12.0 Å². The van der Waals surface area contributed by atoms with Gasteiger partial charge in [-0.2, -0.15) is 0 Å². The van der Waals surface area contributed by atoms with Gasteiger partial charge in [0.05, 0.1) is 17.7 Å². The van der Waals surface area contributed by atoms with E-state index < -0.39 is 4.92 Å². The predicted octanol–water partition coefficient (Wildman–Crippen LogP) is 4.75. The SMILES string of the molecule is COc1ccc(/C=C2/NC(=S)N(c3ccccc3)C2=O)cc1COc1ccc(C)cc1[N+](=O)[O-]. The lowest BCUT2D eigenvalue weighted by molar-refractivity contribution is -0.386. The van der Waals surface area contributed by atoms with E-state index in [0.29, 0.717) is 33.4 Å². The van der Waals surface area contributed by atoms with Gasteiger partial charge in [-0.1, -0.05) is 30.3 Å². The normalized spacial score (nSPS) is 14.3. The van der Waals surface area contributed by atoms with E-state index in [4.69, 9.17) is 21.7 Å². The predicted molar refractivity (Wildman–Crippen MR) is 133 cm³/mol. The van der Waals surface area contributed by atoms with Crippen molar-refractivity contribution in [3.05, 3.63) is 99.2 Å². The van der Waals surface area contributed by atoms with Crippen molar-refractivity contribution in [3.8, 4) is 11.5 Å². The maximum absolute atomic E-state index is 13.0. The molecule has 8 nitrogen and oxygen atoms in total. The van der Waals surface area contributed by atoms with Crippen LogP contribution in [-0.4, -0.2) is 23.1 Å². The summed E-state index contributed by atoms with van der Waals surface area (Å²) < 4.78 is 11.2.